The van der Waals surface area contributed by atoms with Gasteiger partial charge in [0.2, 0.25) is 11.8 Å². The van der Waals surface area contributed by atoms with Gasteiger partial charge in [-0.25, -0.2) is 9.97 Å². The lowest BCUT2D eigenvalue weighted by atomic mass is 9.73. The van der Waals surface area contributed by atoms with Crippen LogP contribution in [0, 0.1) is 5.41 Å². The normalized spacial score (nSPS) is 22.5. The summed E-state index contributed by atoms with van der Waals surface area (Å²) in [5.41, 5.74) is 1.44. The molecule has 6 heteroatoms. The first-order valence-corrected chi connectivity index (χ1v) is 10.1. The molecule has 0 bridgehead atoms. The number of carbonyl (C=O) groups excluding carboxylic acids is 1. The number of nitrogens with zero attached hydrogens (tertiary/aromatic N) is 4. The number of benzene rings is 1. The van der Waals surface area contributed by atoms with Crippen molar-refractivity contribution in [1.29, 1.82) is 0 Å². The minimum absolute atomic E-state index is 0.154. The topological polar surface area (TPSA) is 58.6 Å². The molecule has 148 valence electrons. The van der Waals surface area contributed by atoms with E-state index >= 15 is 0 Å². The number of likely N-dealkylation sites (tertiary alicyclic amines) is 1. The van der Waals surface area contributed by atoms with E-state index in [1.54, 1.807) is 13.4 Å². The van der Waals surface area contributed by atoms with Gasteiger partial charge in [0.05, 0.1) is 7.11 Å². The minimum atomic E-state index is 0.154. The summed E-state index contributed by atoms with van der Waals surface area (Å²) in [6.07, 6.45) is 6.37. The molecule has 2 fully saturated rings. The van der Waals surface area contributed by atoms with Gasteiger partial charge in [-0.3, -0.25) is 4.79 Å². The van der Waals surface area contributed by atoms with E-state index in [1.807, 2.05) is 12.1 Å². The third-order valence-electron chi connectivity index (χ3n) is 6.08. The van der Waals surface area contributed by atoms with Crippen LogP contribution in [0.15, 0.2) is 42.7 Å². The molecule has 0 aliphatic carbocycles. The highest BCUT2D eigenvalue weighted by Gasteiger charge is 2.41. The van der Waals surface area contributed by atoms with E-state index in [4.69, 9.17) is 4.74 Å². The Balaban J connectivity index is 1.44. The molecule has 2 aromatic rings. The zero-order chi connectivity index (χ0) is 19.4. The Kier molecular flexibility index (Phi) is 5.46. The summed E-state index contributed by atoms with van der Waals surface area (Å²) >= 11 is 0. The molecule has 0 radical (unpaired) electrons. The Morgan fingerprint density at radius 2 is 2.00 bits per heavy atom. The van der Waals surface area contributed by atoms with Gasteiger partial charge in [-0.05, 0) is 31.2 Å². The second-order valence-electron chi connectivity index (χ2n) is 7.99. The number of aromatic nitrogens is 2. The average Bonchev–Trinajstić information content (AvgIpc) is 2.75. The van der Waals surface area contributed by atoms with Crippen LogP contribution in [0.25, 0.3) is 0 Å². The number of carbonyl (C=O) groups is 1. The van der Waals surface area contributed by atoms with Gasteiger partial charge >= 0.3 is 0 Å². The molecule has 0 saturated carbocycles. The molecule has 3 heterocycles. The van der Waals surface area contributed by atoms with Crippen LogP contribution >= 0.6 is 0 Å². The number of hydrogen-bond acceptors (Lipinski definition) is 5. The molecule has 1 atom stereocenters. The zero-order valence-electron chi connectivity index (χ0n) is 16.5. The molecule has 2 saturated heterocycles. The molecule has 28 heavy (non-hydrogen) atoms. The largest absolute Gasteiger partial charge is 0.481 e. The summed E-state index contributed by atoms with van der Waals surface area (Å²) in [6, 6.07) is 12.3. The highest BCUT2D eigenvalue weighted by Crippen LogP contribution is 2.40. The summed E-state index contributed by atoms with van der Waals surface area (Å²) in [5.74, 6) is 1.80. The summed E-state index contributed by atoms with van der Waals surface area (Å²) in [6.45, 7) is 3.56. The predicted molar refractivity (Wildman–Crippen MR) is 108 cm³/mol. The second-order valence-corrected chi connectivity index (χ2v) is 7.99. The number of piperidine rings is 2. The van der Waals surface area contributed by atoms with Crippen LogP contribution in [0.1, 0.15) is 31.2 Å². The number of amides is 1. The maximum atomic E-state index is 12.6. The number of hydrogen-bond donors (Lipinski definition) is 0. The summed E-state index contributed by atoms with van der Waals surface area (Å²) in [5, 5.41) is 0. The van der Waals surface area contributed by atoms with E-state index in [2.05, 4.69) is 44.0 Å². The van der Waals surface area contributed by atoms with Gasteiger partial charge in [0.15, 0.2) is 0 Å². The van der Waals surface area contributed by atoms with Crippen LogP contribution in [0.4, 0.5) is 5.82 Å². The van der Waals surface area contributed by atoms with Crippen molar-refractivity contribution in [3.8, 4) is 5.88 Å². The molecular weight excluding hydrogens is 352 g/mol. The number of anilines is 1. The highest BCUT2D eigenvalue weighted by atomic mass is 16.5. The van der Waals surface area contributed by atoms with E-state index in [1.165, 1.54) is 12.0 Å². The molecule has 2 aliphatic rings. The van der Waals surface area contributed by atoms with Crippen LogP contribution in [0.5, 0.6) is 5.88 Å². The summed E-state index contributed by atoms with van der Waals surface area (Å²) < 4.78 is 5.26. The summed E-state index contributed by atoms with van der Waals surface area (Å²) in [7, 11) is 1.63. The van der Waals surface area contributed by atoms with Crippen molar-refractivity contribution in [2.24, 2.45) is 5.41 Å². The smallest absolute Gasteiger partial charge is 0.222 e. The van der Waals surface area contributed by atoms with Crippen LogP contribution in [-0.2, 0) is 11.2 Å². The average molecular weight is 380 g/mol. The van der Waals surface area contributed by atoms with E-state index in [-0.39, 0.29) is 5.41 Å². The van der Waals surface area contributed by atoms with Gasteiger partial charge in [0.1, 0.15) is 12.1 Å². The van der Waals surface area contributed by atoms with Crippen molar-refractivity contribution in [3.05, 3.63) is 48.3 Å². The SMILES string of the molecule is COc1cc(N2CCC[C@]3(CCC(=O)N(CCc4ccccc4)C3)C2)ncn1. The van der Waals surface area contributed by atoms with Crippen LogP contribution in [-0.4, -0.2) is 54.1 Å². The molecule has 1 aromatic heterocycles. The molecule has 1 spiro atoms. The first kappa shape index (κ1) is 18.7. The van der Waals surface area contributed by atoms with Gasteiger partial charge in [-0.1, -0.05) is 30.3 Å². The molecular formula is C22H28N4O2. The Morgan fingerprint density at radius 3 is 2.82 bits per heavy atom. The lowest BCUT2D eigenvalue weighted by molar-refractivity contribution is -0.137. The maximum Gasteiger partial charge on any atom is 0.222 e. The van der Waals surface area contributed by atoms with Gasteiger partial charge in [0.25, 0.3) is 0 Å². The molecule has 1 aromatic carbocycles. The fourth-order valence-corrected chi connectivity index (χ4v) is 4.57. The second kappa shape index (κ2) is 8.17. The van der Waals surface area contributed by atoms with Crippen molar-refractivity contribution < 1.29 is 9.53 Å². The molecule has 2 aliphatic heterocycles. The Morgan fingerprint density at radius 1 is 1.14 bits per heavy atom. The lowest BCUT2D eigenvalue weighted by Crippen LogP contribution is -2.54. The van der Waals surface area contributed by atoms with Crippen LogP contribution in [0.2, 0.25) is 0 Å². The molecule has 0 N–H and O–H groups in total. The van der Waals surface area contributed by atoms with E-state index < -0.39 is 0 Å². The minimum Gasteiger partial charge on any atom is -0.481 e. The van der Waals surface area contributed by atoms with Crippen LogP contribution < -0.4 is 9.64 Å². The van der Waals surface area contributed by atoms with Crippen molar-refractivity contribution in [3.63, 3.8) is 0 Å². The quantitative estimate of drug-likeness (QED) is 0.798. The first-order chi connectivity index (χ1) is 13.7. The van der Waals surface area contributed by atoms with E-state index in [0.29, 0.717) is 18.2 Å². The Hall–Kier alpha value is -2.63. The third kappa shape index (κ3) is 4.11. The van der Waals surface area contributed by atoms with Gasteiger partial charge in [-0.15, -0.1) is 0 Å². The van der Waals surface area contributed by atoms with Crippen LogP contribution in [0.3, 0.4) is 0 Å². The Labute approximate surface area is 166 Å². The van der Waals surface area contributed by atoms with E-state index in [0.717, 1.165) is 51.3 Å². The lowest BCUT2D eigenvalue weighted by Gasteiger charge is -2.48. The fraction of sp³-hybridized carbons (Fsp3) is 0.500. The van der Waals surface area contributed by atoms with Gasteiger partial charge in [0, 0.05) is 44.1 Å². The molecule has 1 amide bonds. The van der Waals surface area contributed by atoms with Crippen molar-refractivity contribution >= 4 is 11.7 Å². The summed E-state index contributed by atoms with van der Waals surface area (Å²) in [4.78, 5) is 25.5. The Bertz CT molecular complexity index is 813. The number of methoxy groups -OCH3 is 1. The molecule has 0 unspecified atom stereocenters. The molecule has 4 rings (SSSR count). The monoisotopic (exact) mass is 380 g/mol. The predicted octanol–water partition coefficient (Wildman–Crippen LogP) is 2.94. The van der Waals surface area contributed by atoms with Crippen molar-refractivity contribution in [2.75, 3.05) is 38.2 Å². The highest BCUT2D eigenvalue weighted by molar-refractivity contribution is 5.77. The number of rotatable bonds is 5. The van der Waals surface area contributed by atoms with Gasteiger partial charge in [-0.2, -0.15) is 0 Å². The number of ether oxygens (including phenoxy) is 1. The maximum absolute atomic E-state index is 12.6. The molecule has 6 nitrogen and oxygen atoms in total. The van der Waals surface area contributed by atoms with E-state index in [9.17, 15) is 4.79 Å². The van der Waals surface area contributed by atoms with Crippen molar-refractivity contribution in [2.45, 2.75) is 32.1 Å². The van der Waals surface area contributed by atoms with Crippen molar-refractivity contribution in [1.82, 2.24) is 14.9 Å². The first-order valence-electron chi connectivity index (χ1n) is 10.1. The fourth-order valence-electron chi connectivity index (χ4n) is 4.57. The van der Waals surface area contributed by atoms with Gasteiger partial charge < -0.3 is 14.5 Å². The standard InChI is InChI=1S/C22H28N4O2/c1-28-20-14-19(23-17-24-20)25-12-5-10-22(15-25)11-8-21(27)26(16-22)13-9-18-6-3-2-4-7-18/h2-4,6-7,14,17H,5,8-13,15-16H2,1H3/t22-/m0/s1. The zero-order valence-corrected chi connectivity index (χ0v) is 16.5. The third-order valence-corrected chi connectivity index (χ3v) is 6.08.